The van der Waals surface area contributed by atoms with Crippen LogP contribution in [-0.2, 0) is 26.9 Å². The number of nitrogens with zero attached hydrogens (tertiary/aromatic N) is 5. The van der Waals surface area contributed by atoms with Crippen molar-refractivity contribution in [3.8, 4) is 0 Å². The molecule has 2 aromatic rings. The third-order valence-corrected chi connectivity index (χ3v) is 3.32. The molecule has 1 N–H and O–H groups in total. The van der Waals surface area contributed by atoms with Crippen LogP contribution < -0.4 is 5.32 Å². The monoisotopic (exact) mass is 292 g/mol. The lowest BCUT2D eigenvalue weighted by atomic mass is 10.2. The maximum atomic E-state index is 11.3. The van der Waals surface area contributed by atoms with Crippen molar-refractivity contribution in [3.05, 3.63) is 34.0 Å². The van der Waals surface area contributed by atoms with Gasteiger partial charge in [0.1, 0.15) is 11.5 Å². The molecule has 114 valence electrons. The smallest absolute Gasteiger partial charge is 0.333 e. The van der Waals surface area contributed by atoms with Crippen LogP contribution in [0.4, 0.5) is 11.5 Å². The van der Waals surface area contributed by atoms with Crippen molar-refractivity contribution in [1.82, 2.24) is 19.3 Å². The minimum Gasteiger partial charge on any atom is -0.364 e. The number of nitro groups is 1. The first kappa shape index (κ1) is 15.0. The molecular weight excluding hydrogens is 272 g/mol. The van der Waals surface area contributed by atoms with Crippen LogP contribution in [0, 0.1) is 10.1 Å². The molecule has 2 aromatic heterocycles. The summed E-state index contributed by atoms with van der Waals surface area (Å²) in [5.74, 6) is 1.39. The lowest BCUT2D eigenvalue weighted by Crippen LogP contribution is -2.12. The van der Waals surface area contributed by atoms with E-state index in [0.29, 0.717) is 30.9 Å². The predicted octanol–water partition coefficient (Wildman–Crippen LogP) is 1.67. The van der Waals surface area contributed by atoms with Crippen molar-refractivity contribution in [1.29, 1.82) is 0 Å². The quantitative estimate of drug-likeness (QED) is 0.619. The zero-order valence-electron chi connectivity index (χ0n) is 12.5. The van der Waals surface area contributed by atoms with E-state index in [0.717, 1.165) is 12.2 Å². The number of imidazole rings is 1. The molecule has 0 aliphatic carbocycles. The topological polar surface area (TPSA) is 90.8 Å². The summed E-state index contributed by atoms with van der Waals surface area (Å²) in [6.07, 6.45) is 5.73. The van der Waals surface area contributed by atoms with E-state index < -0.39 is 0 Å². The summed E-state index contributed by atoms with van der Waals surface area (Å²) < 4.78 is 3.48. The Bertz CT molecular complexity index is 631. The van der Waals surface area contributed by atoms with Crippen LogP contribution in [0.15, 0.2) is 12.4 Å². The summed E-state index contributed by atoms with van der Waals surface area (Å²) in [7, 11) is 3.64. The third kappa shape index (κ3) is 3.21. The van der Waals surface area contributed by atoms with Crippen molar-refractivity contribution in [2.24, 2.45) is 14.1 Å². The number of rotatable bonds is 7. The van der Waals surface area contributed by atoms with E-state index in [1.807, 2.05) is 24.7 Å². The van der Waals surface area contributed by atoms with Crippen LogP contribution in [0.25, 0.3) is 0 Å². The van der Waals surface area contributed by atoms with Gasteiger partial charge < -0.3 is 9.88 Å². The minimum atomic E-state index is -0.360. The first-order chi connectivity index (χ1) is 10.0. The molecule has 0 unspecified atom stereocenters. The lowest BCUT2D eigenvalue weighted by Gasteiger charge is -2.06. The summed E-state index contributed by atoms with van der Waals surface area (Å²) in [6, 6.07) is 0. The summed E-state index contributed by atoms with van der Waals surface area (Å²) in [5, 5.41) is 18.6. The van der Waals surface area contributed by atoms with Crippen molar-refractivity contribution in [2.75, 3.05) is 11.9 Å². The first-order valence-electron chi connectivity index (χ1n) is 6.95. The molecule has 2 heterocycles. The van der Waals surface area contributed by atoms with Gasteiger partial charge in [0.05, 0.1) is 4.92 Å². The standard InChI is InChI=1S/C13H20N6O2/c1-4-5-10-12(19(20)21)13(18(3)16-10)15-7-6-11-14-8-9-17(11)2/h8-9,15H,4-7H2,1-3H3. The molecule has 0 fully saturated rings. The van der Waals surface area contributed by atoms with Crippen LogP contribution in [-0.4, -0.2) is 30.8 Å². The maximum Gasteiger partial charge on any atom is 0.333 e. The highest BCUT2D eigenvalue weighted by molar-refractivity contribution is 5.59. The Morgan fingerprint density at radius 3 is 2.71 bits per heavy atom. The highest BCUT2D eigenvalue weighted by Crippen LogP contribution is 2.28. The molecule has 0 amide bonds. The largest absolute Gasteiger partial charge is 0.364 e. The molecule has 0 atom stereocenters. The van der Waals surface area contributed by atoms with Gasteiger partial charge in [0.2, 0.25) is 5.82 Å². The Hall–Kier alpha value is -2.38. The van der Waals surface area contributed by atoms with Gasteiger partial charge in [-0.1, -0.05) is 13.3 Å². The Kier molecular flexibility index (Phi) is 4.56. The number of hydrogen-bond acceptors (Lipinski definition) is 5. The normalized spacial score (nSPS) is 10.8. The van der Waals surface area contributed by atoms with E-state index in [2.05, 4.69) is 15.4 Å². The summed E-state index contributed by atoms with van der Waals surface area (Å²) in [5.41, 5.74) is 0.615. The van der Waals surface area contributed by atoms with Crippen LogP contribution >= 0.6 is 0 Å². The number of aryl methyl sites for hydroxylation is 3. The summed E-state index contributed by atoms with van der Waals surface area (Å²) >= 11 is 0. The Morgan fingerprint density at radius 2 is 2.14 bits per heavy atom. The van der Waals surface area contributed by atoms with E-state index in [-0.39, 0.29) is 10.6 Å². The van der Waals surface area contributed by atoms with E-state index in [4.69, 9.17) is 0 Å². The second-order valence-electron chi connectivity index (χ2n) is 4.91. The number of hydrogen-bond donors (Lipinski definition) is 1. The van der Waals surface area contributed by atoms with Crippen LogP contribution in [0.2, 0.25) is 0 Å². The zero-order valence-corrected chi connectivity index (χ0v) is 12.5. The highest BCUT2D eigenvalue weighted by atomic mass is 16.6. The number of aromatic nitrogens is 4. The van der Waals surface area contributed by atoms with Gasteiger partial charge >= 0.3 is 5.69 Å². The van der Waals surface area contributed by atoms with Crippen molar-refractivity contribution in [2.45, 2.75) is 26.2 Å². The Labute approximate surface area is 122 Å². The summed E-state index contributed by atoms with van der Waals surface area (Å²) in [4.78, 5) is 15.1. The average molecular weight is 292 g/mol. The van der Waals surface area contributed by atoms with E-state index in [9.17, 15) is 10.1 Å². The second kappa shape index (κ2) is 6.38. The van der Waals surface area contributed by atoms with Crippen LogP contribution in [0.3, 0.4) is 0 Å². The molecule has 0 spiro atoms. The second-order valence-corrected chi connectivity index (χ2v) is 4.91. The fourth-order valence-corrected chi connectivity index (χ4v) is 2.29. The zero-order chi connectivity index (χ0) is 15.4. The molecule has 0 aliphatic rings. The molecule has 0 saturated carbocycles. The van der Waals surface area contributed by atoms with Gasteiger partial charge in [0, 0.05) is 39.5 Å². The first-order valence-corrected chi connectivity index (χ1v) is 6.95. The minimum absolute atomic E-state index is 0.0826. The average Bonchev–Trinajstić information content (AvgIpc) is 2.95. The van der Waals surface area contributed by atoms with E-state index in [1.165, 1.54) is 0 Å². The predicted molar refractivity (Wildman–Crippen MR) is 79.3 cm³/mol. The van der Waals surface area contributed by atoms with E-state index >= 15 is 0 Å². The van der Waals surface area contributed by atoms with Crippen molar-refractivity contribution in [3.63, 3.8) is 0 Å². The van der Waals surface area contributed by atoms with Crippen LogP contribution in [0.5, 0.6) is 0 Å². The Balaban J connectivity index is 2.12. The molecule has 0 aliphatic heterocycles. The third-order valence-electron chi connectivity index (χ3n) is 3.32. The van der Waals surface area contributed by atoms with Gasteiger partial charge in [-0.05, 0) is 6.42 Å². The molecule has 0 bridgehead atoms. The molecule has 8 heteroatoms. The van der Waals surface area contributed by atoms with E-state index in [1.54, 1.807) is 17.9 Å². The highest BCUT2D eigenvalue weighted by Gasteiger charge is 2.25. The molecule has 0 aromatic carbocycles. The van der Waals surface area contributed by atoms with Gasteiger partial charge in [0.25, 0.3) is 0 Å². The SMILES string of the molecule is CCCc1nn(C)c(NCCc2nccn2C)c1[N+](=O)[O-]. The Morgan fingerprint density at radius 1 is 1.38 bits per heavy atom. The molecule has 2 rings (SSSR count). The molecular formula is C13H20N6O2. The van der Waals surface area contributed by atoms with Crippen LogP contribution in [0.1, 0.15) is 24.9 Å². The maximum absolute atomic E-state index is 11.3. The molecule has 21 heavy (non-hydrogen) atoms. The molecule has 0 saturated heterocycles. The molecule has 8 nitrogen and oxygen atoms in total. The lowest BCUT2D eigenvalue weighted by molar-refractivity contribution is -0.384. The molecule has 0 radical (unpaired) electrons. The van der Waals surface area contributed by atoms with Crippen molar-refractivity contribution < 1.29 is 4.92 Å². The van der Waals surface area contributed by atoms with Gasteiger partial charge in [-0.25, -0.2) is 9.67 Å². The number of anilines is 1. The fourth-order valence-electron chi connectivity index (χ4n) is 2.29. The van der Waals surface area contributed by atoms with Gasteiger partial charge in [-0.15, -0.1) is 0 Å². The fraction of sp³-hybridized carbons (Fsp3) is 0.538. The van der Waals surface area contributed by atoms with Gasteiger partial charge in [-0.3, -0.25) is 10.1 Å². The van der Waals surface area contributed by atoms with Gasteiger partial charge in [-0.2, -0.15) is 5.10 Å². The number of nitrogens with one attached hydrogen (secondary N) is 1. The van der Waals surface area contributed by atoms with Crippen molar-refractivity contribution >= 4 is 11.5 Å². The summed E-state index contributed by atoms with van der Waals surface area (Å²) in [6.45, 7) is 2.55. The van der Waals surface area contributed by atoms with Gasteiger partial charge in [0.15, 0.2) is 0 Å².